The number of carbonyl (C=O) groups excluding carboxylic acids is 2. The van der Waals surface area contributed by atoms with Crippen molar-refractivity contribution in [3.8, 4) is 0 Å². The molecular formula is C10H16F3NO3. The van der Waals surface area contributed by atoms with Gasteiger partial charge in [-0.2, -0.15) is 13.2 Å². The molecule has 0 saturated carbocycles. The van der Waals surface area contributed by atoms with Gasteiger partial charge >= 0.3 is 12.3 Å². The second kappa shape index (κ2) is 5.88. The third kappa shape index (κ3) is 7.59. The van der Waals surface area contributed by atoms with Crippen molar-refractivity contribution in [3.05, 3.63) is 0 Å². The van der Waals surface area contributed by atoms with E-state index in [1.165, 1.54) is 0 Å². The number of ether oxygens (including phenoxy) is 1. The van der Waals surface area contributed by atoms with E-state index in [2.05, 4.69) is 10.1 Å². The highest BCUT2D eigenvalue weighted by Crippen LogP contribution is 2.19. The first-order valence-corrected chi connectivity index (χ1v) is 5.01. The van der Waals surface area contributed by atoms with E-state index in [9.17, 15) is 22.8 Å². The lowest BCUT2D eigenvalue weighted by Gasteiger charge is -2.26. The molecule has 1 N–H and O–H groups in total. The third-order valence-electron chi connectivity index (χ3n) is 1.96. The van der Waals surface area contributed by atoms with Crippen molar-refractivity contribution >= 4 is 12.4 Å². The van der Waals surface area contributed by atoms with Crippen LogP contribution < -0.4 is 5.32 Å². The minimum Gasteiger partial charge on any atom is -0.449 e. The van der Waals surface area contributed by atoms with Crippen LogP contribution in [0.15, 0.2) is 0 Å². The van der Waals surface area contributed by atoms with E-state index in [0.29, 0.717) is 6.29 Å². The van der Waals surface area contributed by atoms with E-state index in [4.69, 9.17) is 0 Å². The Morgan fingerprint density at radius 1 is 1.35 bits per heavy atom. The molecule has 0 aliphatic carbocycles. The second-order valence-corrected chi connectivity index (χ2v) is 4.63. The number of alkyl carbamates (subject to hydrolysis) is 1. The van der Waals surface area contributed by atoms with Crippen LogP contribution in [0.5, 0.6) is 0 Å². The normalized spacial score (nSPS) is 14.0. The molecule has 1 amide bonds. The van der Waals surface area contributed by atoms with E-state index in [-0.39, 0.29) is 0 Å². The van der Waals surface area contributed by atoms with Crippen molar-refractivity contribution in [1.29, 1.82) is 0 Å². The van der Waals surface area contributed by atoms with Gasteiger partial charge in [-0.15, -0.1) is 0 Å². The van der Waals surface area contributed by atoms with Gasteiger partial charge in [-0.25, -0.2) is 4.79 Å². The van der Waals surface area contributed by atoms with Crippen LogP contribution in [0.4, 0.5) is 18.0 Å². The molecule has 0 fully saturated rings. The fourth-order valence-electron chi connectivity index (χ4n) is 0.883. The quantitative estimate of drug-likeness (QED) is 0.784. The second-order valence-electron chi connectivity index (χ2n) is 4.63. The van der Waals surface area contributed by atoms with Crippen molar-refractivity contribution in [2.75, 3.05) is 6.61 Å². The molecule has 0 aliphatic heterocycles. The van der Waals surface area contributed by atoms with Crippen LogP contribution in [-0.2, 0) is 9.53 Å². The number of rotatable bonds is 4. The fourth-order valence-corrected chi connectivity index (χ4v) is 0.883. The van der Waals surface area contributed by atoms with Gasteiger partial charge < -0.3 is 14.8 Å². The minimum absolute atomic E-state index is 0.519. The fraction of sp³-hybridized carbons (Fsp3) is 0.800. The van der Waals surface area contributed by atoms with Crippen molar-refractivity contribution < 1.29 is 27.5 Å². The van der Waals surface area contributed by atoms with E-state index in [1.807, 2.05) is 0 Å². The number of aldehydes is 1. The predicted octanol–water partition coefficient (Wildman–Crippen LogP) is 2.28. The smallest absolute Gasteiger partial charge is 0.407 e. The Morgan fingerprint density at radius 3 is 2.24 bits per heavy atom. The van der Waals surface area contributed by atoms with Gasteiger partial charge in [0.2, 0.25) is 0 Å². The van der Waals surface area contributed by atoms with Crippen LogP contribution in [0.25, 0.3) is 0 Å². The van der Waals surface area contributed by atoms with Crippen LogP contribution in [0.3, 0.4) is 0 Å². The van der Waals surface area contributed by atoms with Crippen molar-refractivity contribution in [3.63, 3.8) is 0 Å². The molecule has 0 aromatic carbocycles. The van der Waals surface area contributed by atoms with E-state index >= 15 is 0 Å². The molecule has 7 heteroatoms. The zero-order valence-corrected chi connectivity index (χ0v) is 9.93. The van der Waals surface area contributed by atoms with Crippen LogP contribution in [0.1, 0.15) is 27.2 Å². The molecule has 0 saturated heterocycles. The summed E-state index contributed by atoms with van der Waals surface area (Å²) >= 11 is 0. The first-order chi connectivity index (χ1) is 7.56. The Balaban J connectivity index is 4.05. The van der Waals surface area contributed by atoms with Crippen molar-refractivity contribution in [2.45, 2.75) is 39.4 Å². The lowest BCUT2D eigenvalue weighted by Crippen LogP contribution is -2.45. The summed E-state index contributed by atoms with van der Waals surface area (Å²) < 4.78 is 39.6. The number of halogens is 3. The van der Waals surface area contributed by atoms with Gasteiger partial charge in [0.1, 0.15) is 12.9 Å². The summed E-state index contributed by atoms with van der Waals surface area (Å²) in [6.45, 7) is 4.37. The van der Waals surface area contributed by atoms with Crippen LogP contribution in [0.2, 0.25) is 0 Å². The first-order valence-electron chi connectivity index (χ1n) is 5.01. The van der Waals surface area contributed by atoms with Gasteiger partial charge in [-0.1, -0.05) is 20.8 Å². The summed E-state index contributed by atoms with van der Waals surface area (Å²) in [5.41, 5.74) is -0.523. The molecule has 0 aromatic heterocycles. The third-order valence-corrected chi connectivity index (χ3v) is 1.96. The molecule has 0 radical (unpaired) electrons. The Labute approximate surface area is 97.5 Å². The molecule has 0 unspecified atom stereocenters. The number of hydrogen-bond donors (Lipinski definition) is 1. The van der Waals surface area contributed by atoms with Gasteiger partial charge in [0.05, 0.1) is 12.5 Å². The lowest BCUT2D eigenvalue weighted by atomic mass is 9.88. The van der Waals surface area contributed by atoms with Crippen molar-refractivity contribution in [1.82, 2.24) is 5.32 Å². The molecule has 0 spiro atoms. The van der Waals surface area contributed by atoms with Crippen LogP contribution >= 0.6 is 0 Å². The average Bonchev–Trinajstić information content (AvgIpc) is 2.10. The van der Waals surface area contributed by atoms with E-state index in [0.717, 1.165) is 0 Å². The number of hydrogen-bond acceptors (Lipinski definition) is 3. The Kier molecular flexibility index (Phi) is 5.44. The standard InChI is InChI=1S/C10H16F3NO3/c1-9(2,3)7(6-15)14-8(16)17-5-4-10(11,12)13/h6-7H,4-5H2,1-3H3,(H,14,16)/t7-/m1/s1. The summed E-state index contributed by atoms with van der Waals surface area (Å²) in [5.74, 6) is 0. The van der Waals surface area contributed by atoms with Crippen LogP contribution in [0, 0.1) is 5.41 Å². The van der Waals surface area contributed by atoms with Gasteiger partial charge in [0.25, 0.3) is 0 Å². The highest BCUT2D eigenvalue weighted by atomic mass is 19.4. The minimum atomic E-state index is -4.37. The molecule has 17 heavy (non-hydrogen) atoms. The van der Waals surface area contributed by atoms with Gasteiger partial charge in [0.15, 0.2) is 0 Å². The van der Waals surface area contributed by atoms with Gasteiger partial charge in [-0.3, -0.25) is 0 Å². The maximum absolute atomic E-state index is 11.8. The molecule has 4 nitrogen and oxygen atoms in total. The summed E-state index contributed by atoms with van der Waals surface area (Å²) in [7, 11) is 0. The molecule has 0 aliphatic rings. The monoisotopic (exact) mass is 255 g/mol. The Bertz CT molecular complexity index is 271. The lowest BCUT2D eigenvalue weighted by molar-refractivity contribution is -0.141. The summed E-state index contributed by atoms with van der Waals surface area (Å²) in [4.78, 5) is 21.8. The SMILES string of the molecule is CC(C)(C)[C@@H](C=O)NC(=O)OCCC(F)(F)F. The molecule has 0 heterocycles. The largest absolute Gasteiger partial charge is 0.449 e. The topological polar surface area (TPSA) is 55.4 Å². The van der Waals surface area contributed by atoms with E-state index < -0.39 is 36.8 Å². The van der Waals surface area contributed by atoms with Crippen molar-refractivity contribution in [2.24, 2.45) is 5.41 Å². The summed E-state index contributed by atoms with van der Waals surface area (Å²) in [6.07, 6.45) is -6.08. The van der Waals surface area contributed by atoms with Crippen LogP contribution in [-0.4, -0.2) is 31.2 Å². The maximum atomic E-state index is 11.8. The first kappa shape index (κ1) is 15.7. The zero-order chi connectivity index (χ0) is 13.7. The number of carbonyl (C=O) groups is 2. The van der Waals surface area contributed by atoms with Gasteiger partial charge in [-0.05, 0) is 5.41 Å². The molecule has 100 valence electrons. The molecule has 0 bridgehead atoms. The Morgan fingerprint density at radius 2 is 1.88 bits per heavy atom. The number of amides is 1. The van der Waals surface area contributed by atoms with E-state index in [1.54, 1.807) is 20.8 Å². The summed E-state index contributed by atoms with van der Waals surface area (Å²) in [6, 6.07) is -0.805. The molecule has 0 rings (SSSR count). The maximum Gasteiger partial charge on any atom is 0.407 e. The van der Waals surface area contributed by atoms with Gasteiger partial charge in [0, 0.05) is 0 Å². The average molecular weight is 255 g/mol. The highest BCUT2D eigenvalue weighted by molar-refractivity contribution is 5.73. The molecule has 0 aromatic rings. The zero-order valence-electron chi connectivity index (χ0n) is 9.93. The predicted molar refractivity (Wildman–Crippen MR) is 54.5 cm³/mol. The molecule has 1 atom stereocenters. The summed E-state index contributed by atoms with van der Waals surface area (Å²) in [5, 5.41) is 2.20. The molecular weight excluding hydrogens is 239 g/mol. The Hall–Kier alpha value is -1.27. The number of nitrogens with one attached hydrogen (secondary N) is 1. The highest BCUT2D eigenvalue weighted by Gasteiger charge is 2.29. The number of alkyl halides is 3.